The number of aromatic nitrogens is 2. The fraction of sp³-hybridized carbons (Fsp3) is 0.167. The predicted molar refractivity (Wildman–Crippen MR) is 68.9 cm³/mol. The number of benzene rings is 1. The summed E-state index contributed by atoms with van der Waals surface area (Å²) in [5, 5.41) is 7.86. The predicted octanol–water partition coefficient (Wildman–Crippen LogP) is 2.80. The van der Waals surface area contributed by atoms with Crippen molar-refractivity contribution in [2.45, 2.75) is 13.5 Å². The summed E-state index contributed by atoms with van der Waals surface area (Å²) in [6.07, 6.45) is 0. The Balaban J connectivity index is 2.16. The lowest BCUT2D eigenvalue weighted by atomic mass is 10.2. The molecule has 1 aromatic heterocycles. The molecule has 88 valence electrons. The number of rotatable bonds is 3. The van der Waals surface area contributed by atoms with Gasteiger partial charge in [0.1, 0.15) is 5.75 Å². The number of aryl methyl sites for hydroxylation is 1. The van der Waals surface area contributed by atoms with Crippen LogP contribution in [0.1, 0.15) is 11.3 Å². The number of hydrogen-bond donors (Lipinski definition) is 1. The molecule has 0 saturated heterocycles. The van der Waals surface area contributed by atoms with Gasteiger partial charge in [0.05, 0.1) is 5.69 Å². The minimum atomic E-state index is 0.380. The molecule has 0 bridgehead atoms. The molecule has 17 heavy (non-hydrogen) atoms. The van der Waals surface area contributed by atoms with Crippen LogP contribution in [0.15, 0.2) is 34.8 Å². The van der Waals surface area contributed by atoms with E-state index >= 15 is 0 Å². The van der Waals surface area contributed by atoms with Crippen LogP contribution in [0.2, 0.25) is 0 Å². The summed E-state index contributed by atoms with van der Waals surface area (Å²) in [5.41, 5.74) is 7.29. The van der Waals surface area contributed by atoms with Crippen molar-refractivity contribution in [1.82, 2.24) is 10.2 Å². The molecule has 0 amide bonds. The van der Waals surface area contributed by atoms with Crippen molar-refractivity contribution in [2.24, 2.45) is 5.73 Å². The van der Waals surface area contributed by atoms with Crippen LogP contribution in [-0.4, -0.2) is 10.2 Å². The highest BCUT2D eigenvalue weighted by Crippen LogP contribution is 2.24. The molecule has 1 aromatic carbocycles. The second kappa shape index (κ2) is 5.25. The number of halogens is 1. The molecule has 2 N–H and O–H groups in total. The minimum Gasteiger partial charge on any atom is -0.438 e. The molecule has 0 aliphatic rings. The van der Waals surface area contributed by atoms with E-state index in [-0.39, 0.29) is 0 Å². The highest BCUT2D eigenvalue weighted by atomic mass is 79.9. The van der Waals surface area contributed by atoms with Gasteiger partial charge in [0.25, 0.3) is 0 Å². The van der Waals surface area contributed by atoms with Crippen LogP contribution in [0.25, 0.3) is 0 Å². The van der Waals surface area contributed by atoms with Gasteiger partial charge in [-0.2, -0.15) is 5.10 Å². The van der Waals surface area contributed by atoms with Crippen LogP contribution in [0.3, 0.4) is 0 Å². The van der Waals surface area contributed by atoms with Crippen molar-refractivity contribution in [1.29, 1.82) is 0 Å². The van der Waals surface area contributed by atoms with Gasteiger partial charge < -0.3 is 10.5 Å². The van der Waals surface area contributed by atoms with Gasteiger partial charge in [-0.25, -0.2) is 0 Å². The van der Waals surface area contributed by atoms with Crippen molar-refractivity contribution in [2.75, 3.05) is 0 Å². The minimum absolute atomic E-state index is 0.380. The molecule has 0 fully saturated rings. The maximum absolute atomic E-state index is 5.58. The molecule has 0 saturated carbocycles. The summed E-state index contributed by atoms with van der Waals surface area (Å²) < 4.78 is 6.63. The summed E-state index contributed by atoms with van der Waals surface area (Å²) in [5.74, 6) is 1.20. The van der Waals surface area contributed by atoms with E-state index in [9.17, 15) is 0 Å². The monoisotopic (exact) mass is 293 g/mol. The topological polar surface area (TPSA) is 61.0 Å². The molecule has 0 spiro atoms. The number of nitrogens with two attached hydrogens (primary N) is 1. The highest BCUT2D eigenvalue weighted by Gasteiger charge is 2.02. The lowest BCUT2D eigenvalue weighted by Crippen LogP contribution is -2.01. The third-order valence-electron chi connectivity index (χ3n) is 2.26. The summed E-state index contributed by atoms with van der Waals surface area (Å²) in [7, 11) is 0. The van der Waals surface area contributed by atoms with Crippen LogP contribution in [-0.2, 0) is 6.54 Å². The first-order valence-electron chi connectivity index (χ1n) is 5.15. The first-order chi connectivity index (χ1) is 8.19. The van der Waals surface area contributed by atoms with Gasteiger partial charge in [0, 0.05) is 17.1 Å². The van der Waals surface area contributed by atoms with Gasteiger partial charge in [-0.05, 0) is 36.8 Å². The Bertz CT molecular complexity index is 514. The smallest absolute Gasteiger partial charge is 0.238 e. The zero-order valence-electron chi connectivity index (χ0n) is 9.35. The van der Waals surface area contributed by atoms with Gasteiger partial charge >= 0.3 is 0 Å². The summed E-state index contributed by atoms with van der Waals surface area (Å²) in [6, 6.07) is 9.30. The molecular formula is C12H12BrN3O. The maximum atomic E-state index is 5.58. The molecule has 0 radical (unpaired) electrons. The largest absolute Gasteiger partial charge is 0.438 e. The Labute approximate surface area is 108 Å². The van der Waals surface area contributed by atoms with Crippen molar-refractivity contribution >= 4 is 15.9 Å². The lowest BCUT2D eigenvalue weighted by Gasteiger charge is -2.06. The van der Waals surface area contributed by atoms with E-state index in [2.05, 4.69) is 26.1 Å². The lowest BCUT2D eigenvalue weighted by molar-refractivity contribution is 0.453. The molecule has 2 aromatic rings. The van der Waals surface area contributed by atoms with E-state index in [4.69, 9.17) is 10.5 Å². The third-order valence-corrected chi connectivity index (χ3v) is 3.15. The average Bonchev–Trinajstić information content (AvgIpc) is 2.35. The molecule has 0 atom stereocenters. The first-order valence-corrected chi connectivity index (χ1v) is 5.95. The van der Waals surface area contributed by atoms with Gasteiger partial charge in [-0.3, -0.25) is 0 Å². The van der Waals surface area contributed by atoms with Crippen LogP contribution < -0.4 is 10.5 Å². The van der Waals surface area contributed by atoms with Crippen molar-refractivity contribution in [3.63, 3.8) is 0 Å². The summed E-state index contributed by atoms with van der Waals surface area (Å²) in [4.78, 5) is 0. The fourth-order valence-corrected chi connectivity index (χ4v) is 1.56. The number of ether oxygens (including phenoxy) is 1. The molecule has 5 heteroatoms. The van der Waals surface area contributed by atoms with Crippen LogP contribution in [0.5, 0.6) is 11.6 Å². The van der Waals surface area contributed by atoms with Gasteiger partial charge in [0.2, 0.25) is 5.88 Å². The Hall–Kier alpha value is -1.46. The normalized spacial score (nSPS) is 10.3. The van der Waals surface area contributed by atoms with Crippen LogP contribution in [0, 0.1) is 6.92 Å². The van der Waals surface area contributed by atoms with Crippen molar-refractivity contribution in [3.05, 3.63) is 46.1 Å². The standard InChI is InChI=1S/C12H12BrN3O/c1-8-6-10(3-4-11(8)13)17-12-5-2-9(7-14)15-16-12/h2-6H,7,14H2,1H3. The third kappa shape index (κ3) is 3.01. The molecule has 0 unspecified atom stereocenters. The highest BCUT2D eigenvalue weighted by molar-refractivity contribution is 9.10. The average molecular weight is 294 g/mol. The van der Waals surface area contributed by atoms with Crippen LogP contribution in [0.4, 0.5) is 0 Å². The first kappa shape index (κ1) is 12.0. The Morgan fingerprint density at radius 2 is 2.06 bits per heavy atom. The molecule has 1 heterocycles. The molecule has 0 aliphatic carbocycles. The van der Waals surface area contributed by atoms with Gasteiger partial charge in [0.15, 0.2) is 0 Å². The summed E-state index contributed by atoms with van der Waals surface area (Å²) in [6.45, 7) is 2.38. The van der Waals surface area contributed by atoms with E-state index in [1.54, 1.807) is 12.1 Å². The van der Waals surface area contributed by atoms with Gasteiger partial charge in [-0.1, -0.05) is 15.9 Å². The second-order valence-electron chi connectivity index (χ2n) is 3.58. The van der Waals surface area contributed by atoms with Crippen molar-refractivity contribution < 1.29 is 4.74 Å². The number of nitrogens with zero attached hydrogens (tertiary/aromatic N) is 2. The second-order valence-corrected chi connectivity index (χ2v) is 4.43. The van der Waals surface area contributed by atoms with E-state index < -0.39 is 0 Å². The van der Waals surface area contributed by atoms with E-state index in [1.807, 2.05) is 25.1 Å². The molecular weight excluding hydrogens is 282 g/mol. The fourth-order valence-electron chi connectivity index (χ4n) is 1.31. The maximum Gasteiger partial charge on any atom is 0.238 e. The quantitative estimate of drug-likeness (QED) is 0.945. The van der Waals surface area contributed by atoms with E-state index in [0.717, 1.165) is 21.5 Å². The van der Waals surface area contributed by atoms with E-state index in [0.29, 0.717) is 12.4 Å². The zero-order valence-corrected chi connectivity index (χ0v) is 10.9. The zero-order chi connectivity index (χ0) is 12.3. The SMILES string of the molecule is Cc1cc(Oc2ccc(CN)nn2)ccc1Br. The van der Waals surface area contributed by atoms with Crippen LogP contribution >= 0.6 is 15.9 Å². The van der Waals surface area contributed by atoms with E-state index in [1.165, 1.54) is 0 Å². The number of hydrogen-bond acceptors (Lipinski definition) is 4. The molecule has 2 rings (SSSR count). The molecule has 0 aliphatic heterocycles. The summed E-state index contributed by atoms with van der Waals surface area (Å²) >= 11 is 3.44. The Morgan fingerprint density at radius 1 is 1.24 bits per heavy atom. The Morgan fingerprint density at radius 3 is 2.65 bits per heavy atom. The van der Waals surface area contributed by atoms with Crippen molar-refractivity contribution in [3.8, 4) is 11.6 Å². The molecule has 4 nitrogen and oxygen atoms in total. The van der Waals surface area contributed by atoms with Gasteiger partial charge in [-0.15, -0.1) is 5.10 Å². The Kier molecular flexibility index (Phi) is 3.71.